The molecule has 4 nitrogen and oxygen atoms in total. The van der Waals surface area contributed by atoms with Crippen LogP contribution in [0.2, 0.25) is 0 Å². The fourth-order valence-electron chi connectivity index (χ4n) is 1.99. The number of rotatable bonds is 2. The summed E-state index contributed by atoms with van der Waals surface area (Å²) >= 11 is 6.02. The monoisotopic (exact) mass is 272 g/mol. The molecule has 3 aromatic rings. The van der Waals surface area contributed by atoms with Crippen molar-refractivity contribution in [3.05, 3.63) is 47.9 Å². The highest BCUT2D eigenvalue weighted by atomic mass is 35.5. The number of hydrogen-bond acceptors (Lipinski definition) is 3. The van der Waals surface area contributed by atoms with Crippen LogP contribution in [0.25, 0.3) is 16.6 Å². The highest BCUT2D eigenvalue weighted by Crippen LogP contribution is 2.22. The Morgan fingerprint density at radius 2 is 2.05 bits per heavy atom. The third kappa shape index (κ3) is 2.19. The van der Waals surface area contributed by atoms with Crippen LogP contribution in [0.5, 0.6) is 0 Å². The Labute approximate surface area is 116 Å². The minimum absolute atomic E-state index is 0.154. The average molecular weight is 273 g/mol. The molecule has 0 spiro atoms. The van der Waals surface area contributed by atoms with Gasteiger partial charge < -0.3 is 0 Å². The van der Waals surface area contributed by atoms with Gasteiger partial charge in [-0.1, -0.05) is 23.4 Å². The highest BCUT2D eigenvalue weighted by molar-refractivity contribution is 6.20. The Morgan fingerprint density at radius 3 is 2.79 bits per heavy atom. The van der Waals surface area contributed by atoms with E-state index in [1.54, 1.807) is 4.68 Å². The molecule has 0 amide bonds. The molecule has 5 heteroatoms. The van der Waals surface area contributed by atoms with Crippen LogP contribution in [-0.4, -0.2) is 20.0 Å². The average Bonchev–Trinajstić information content (AvgIpc) is 2.87. The molecular weight excluding hydrogens is 260 g/mol. The first kappa shape index (κ1) is 12.1. The Hall–Kier alpha value is -1.94. The van der Waals surface area contributed by atoms with E-state index in [1.165, 1.54) is 0 Å². The number of alkyl halides is 1. The molecule has 1 atom stereocenters. The van der Waals surface area contributed by atoms with E-state index in [0.29, 0.717) is 0 Å². The minimum atomic E-state index is -0.154. The normalized spacial score (nSPS) is 12.8. The molecule has 2 aromatic heterocycles. The summed E-state index contributed by atoms with van der Waals surface area (Å²) in [5, 5.41) is 9.13. The van der Waals surface area contributed by atoms with Gasteiger partial charge in [0.2, 0.25) is 0 Å². The van der Waals surface area contributed by atoms with Gasteiger partial charge >= 0.3 is 0 Å². The lowest BCUT2D eigenvalue weighted by atomic mass is 10.2. The third-order valence-corrected chi connectivity index (χ3v) is 3.23. The number of pyridine rings is 1. The number of fused-ring (bicyclic) bond motifs is 1. The second-order valence-corrected chi connectivity index (χ2v) is 5.16. The summed E-state index contributed by atoms with van der Waals surface area (Å²) in [5.41, 5.74) is 3.57. The van der Waals surface area contributed by atoms with Crippen molar-refractivity contribution in [2.45, 2.75) is 19.2 Å². The van der Waals surface area contributed by atoms with Gasteiger partial charge in [0.15, 0.2) is 0 Å². The van der Waals surface area contributed by atoms with Gasteiger partial charge in [0.25, 0.3) is 0 Å². The zero-order chi connectivity index (χ0) is 13.4. The Balaban J connectivity index is 2.20. The van der Waals surface area contributed by atoms with Crippen molar-refractivity contribution in [2.24, 2.45) is 0 Å². The molecule has 0 radical (unpaired) electrons. The van der Waals surface area contributed by atoms with Gasteiger partial charge in [-0.25, -0.2) is 4.68 Å². The Bertz CT molecular complexity index is 733. The van der Waals surface area contributed by atoms with Gasteiger partial charge in [-0.2, -0.15) is 0 Å². The first-order valence-corrected chi connectivity index (χ1v) is 6.52. The summed E-state index contributed by atoms with van der Waals surface area (Å²) in [6.07, 6.45) is 1.84. The lowest BCUT2D eigenvalue weighted by Gasteiger charge is -2.05. The molecule has 1 unspecified atom stereocenters. The highest BCUT2D eigenvalue weighted by Gasteiger charge is 2.10. The molecular formula is C14H13ClN4. The van der Waals surface area contributed by atoms with Gasteiger partial charge in [0, 0.05) is 11.1 Å². The molecule has 2 heterocycles. The van der Waals surface area contributed by atoms with Crippen LogP contribution in [0.1, 0.15) is 23.7 Å². The quantitative estimate of drug-likeness (QED) is 0.672. The predicted molar refractivity (Wildman–Crippen MR) is 75.7 cm³/mol. The lowest BCUT2D eigenvalue weighted by molar-refractivity contribution is 0.799. The maximum Gasteiger partial charge on any atom is 0.101 e. The van der Waals surface area contributed by atoms with Crippen LogP contribution in [0, 0.1) is 6.92 Å². The number of benzene rings is 1. The van der Waals surface area contributed by atoms with Crippen LogP contribution in [0.4, 0.5) is 0 Å². The molecule has 0 fully saturated rings. The second kappa shape index (κ2) is 4.63. The van der Waals surface area contributed by atoms with Crippen molar-refractivity contribution in [1.82, 2.24) is 20.0 Å². The summed E-state index contributed by atoms with van der Waals surface area (Å²) in [5.74, 6) is 0. The smallest absolute Gasteiger partial charge is 0.101 e. The molecule has 0 aliphatic heterocycles. The summed E-state index contributed by atoms with van der Waals surface area (Å²) in [4.78, 5) is 4.58. The molecule has 0 N–H and O–H groups in total. The van der Waals surface area contributed by atoms with Crippen molar-refractivity contribution in [3.8, 4) is 5.69 Å². The van der Waals surface area contributed by atoms with E-state index in [9.17, 15) is 0 Å². The van der Waals surface area contributed by atoms with Crippen molar-refractivity contribution >= 4 is 22.5 Å². The Kier molecular flexibility index (Phi) is 2.95. The van der Waals surface area contributed by atoms with E-state index in [4.69, 9.17) is 11.6 Å². The van der Waals surface area contributed by atoms with Crippen LogP contribution in [0.3, 0.4) is 0 Å². The van der Waals surface area contributed by atoms with Gasteiger partial charge in [-0.05, 0) is 26.0 Å². The summed E-state index contributed by atoms with van der Waals surface area (Å²) in [6.45, 7) is 3.85. The maximum atomic E-state index is 6.02. The molecule has 0 saturated heterocycles. The van der Waals surface area contributed by atoms with Gasteiger partial charge in [-0.3, -0.25) is 4.98 Å². The molecule has 96 valence electrons. The van der Waals surface area contributed by atoms with Gasteiger partial charge in [0.05, 0.1) is 22.8 Å². The first-order chi connectivity index (χ1) is 9.15. The maximum absolute atomic E-state index is 6.02. The summed E-state index contributed by atoms with van der Waals surface area (Å²) in [7, 11) is 0. The van der Waals surface area contributed by atoms with E-state index in [0.717, 1.165) is 28.0 Å². The van der Waals surface area contributed by atoms with Crippen LogP contribution in [-0.2, 0) is 0 Å². The number of aryl methyl sites for hydroxylation is 1. The molecule has 1 aromatic carbocycles. The first-order valence-electron chi connectivity index (χ1n) is 6.08. The van der Waals surface area contributed by atoms with Crippen molar-refractivity contribution in [1.29, 1.82) is 0 Å². The summed E-state index contributed by atoms with van der Waals surface area (Å²) < 4.78 is 1.73. The molecule has 0 aliphatic carbocycles. The zero-order valence-corrected chi connectivity index (χ0v) is 11.5. The lowest BCUT2D eigenvalue weighted by Crippen LogP contribution is -1.98. The second-order valence-electron chi connectivity index (χ2n) is 4.51. The molecule has 0 bridgehead atoms. The van der Waals surface area contributed by atoms with E-state index in [1.807, 2.05) is 44.3 Å². The number of hydrogen-bond donors (Lipinski definition) is 0. The fourth-order valence-corrected chi connectivity index (χ4v) is 2.09. The molecule has 0 aliphatic rings. The number of para-hydroxylation sites is 1. The third-order valence-electron chi connectivity index (χ3n) is 3.00. The number of halogens is 1. The topological polar surface area (TPSA) is 43.6 Å². The number of aromatic nitrogens is 4. The Morgan fingerprint density at radius 1 is 1.21 bits per heavy atom. The van der Waals surface area contributed by atoms with Crippen molar-refractivity contribution < 1.29 is 0 Å². The fraction of sp³-hybridized carbons (Fsp3) is 0.214. The van der Waals surface area contributed by atoms with Gasteiger partial charge in [0.1, 0.15) is 5.69 Å². The summed E-state index contributed by atoms with van der Waals surface area (Å²) in [6, 6.07) is 10.1. The minimum Gasteiger partial charge on any atom is -0.251 e. The van der Waals surface area contributed by atoms with Crippen LogP contribution < -0.4 is 0 Å². The molecule has 3 rings (SSSR count). The zero-order valence-electron chi connectivity index (χ0n) is 10.7. The van der Waals surface area contributed by atoms with Crippen LogP contribution >= 0.6 is 11.6 Å². The van der Waals surface area contributed by atoms with Crippen LogP contribution in [0.15, 0.2) is 36.5 Å². The van der Waals surface area contributed by atoms with E-state index in [2.05, 4.69) is 21.4 Å². The predicted octanol–water partition coefficient (Wildman–Crippen LogP) is 3.42. The van der Waals surface area contributed by atoms with Gasteiger partial charge in [-0.15, -0.1) is 16.7 Å². The number of nitrogens with zero attached hydrogens (tertiary/aromatic N) is 4. The standard InChI is InChI=1S/C14H13ClN4/c1-9-6-7-11-4-3-5-13(14(11)16-9)19-8-12(10(2)15)17-18-19/h3-8,10H,1-2H3. The van der Waals surface area contributed by atoms with E-state index in [-0.39, 0.29) is 5.38 Å². The SMILES string of the molecule is Cc1ccc2cccc(-n3cc(C(C)Cl)nn3)c2n1. The van der Waals surface area contributed by atoms with Crippen molar-refractivity contribution in [2.75, 3.05) is 0 Å². The van der Waals surface area contributed by atoms with E-state index >= 15 is 0 Å². The molecule has 0 saturated carbocycles. The largest absolute Gasteiger partial charge is 0.251 e. The van der Waals surface area contributed by atoms with Crippen molar-refractivity contribution in [3.63, 3.8) is 0 Å². The molecule has 19 heavy (non-hydrogen) atoms. The van der Waals surface area contributed by atoms with E-state index < -0.39 is 0 Å².